The molecule has 2 heterocycles. The fourth-order valence-corrected chi connectivity index (χ4v) is 5.44. The molecule has 0 radical (unpaired) electrons. The molecule has 0 spiro atoms. The third-order valence-electron chi connectivity index (χ3n) is 5.60. The number of benzene rings is 1. The largest absolute Gasteiger partial charge is 0.333 e. The number of amides is 2. The number of fused-ring (bicyclic) bond motifs is 1. The van der Waals surface area contributed by atoms with Crippen molar-refractivity contribution in [3.05, 3.63) is 55.7 Å². The summed E-state index contributed by atoms with van der Waals surface area (Å²) in [5, 5.41) is 3.19. The van der Waals surface area contributed by atoms with E-state index in [-0.39, 0.29) is 30.3 Å². The number of carbonyl (C=O) groups is 2. The molecule has 1 saturated carbocycles. The topological polar surface area (TPSA) is 40.6 Å². The van der Waals surface area contributed by atoms with Crippen molar-refractivity contribution in [2.45, 2.75) is 38.6 Å². The molecule has 7 heteroatoms. The van der Waals surface area contributed by atoms with Crippen LogP contribution in [0.15, 0.2) is 29.6 Å². The third-order valence-corrected chi connectivity index (χ3v) is 7.16. The Bertz CT molecular complexity index is 925. The van der Waals surface area contributed by atoms with Crippen LogP contribution in [0.25, 0.3) is 0 Å². The van der Waals surface area contributed by atoms with Crippen LogP contribution in [-0.2, 0) is 16.0 Å². The summed E-state index contributed by atoms with van der Waals surface area (Å²) in [6.45, 7) is 3.40. The van der Waals surface area contributed by atoms with Crippen molar-refractivity contribution in [2.75, 3.05) is 19.6 Å². The molecule has 1 aliphatic heterocycles. The van der Waals surface area contributed by atoms with Crippen LogP contribution < -0.4 is 0 Å². The van der Waals surface area contributed by atoms with Crippen LogP contribution in [0.3, 0.4) is 0 Å². The van der Waals surface area contributed by atoms with E-state index >= 15 is 0 Å². The van der Waals surface area contributed by atoms with Crippen LogP contribution in [-0.4, -0.2) is 41.2 Å². The van der Waals surface area contributed by atoms with Gasteiger partial charge in [-0.15, -0.1) is 11.3 Å². The summed E-state index contributed by atoms with van der Waals surface area (Å²) in [7, 11) is 0. The van der Waals surface area contributed by atoms with E-state index in [0.29, 0.717) is 23.1 Å². The standard InChI is InChI=1S/C22H24Cl2N2O2S/c1-2-9-25(22(28)14-3-4-14)13-20(27)26-10-7-19-17(8-11-29-19)21(26)16-6-5-15(23)12-18(16)24/h5-6,8,11-12,14,21H,2-4,7,9-10,13H2,1H3. The van der Waals surface area contributed by atoms with Crippen LogP contribution in [0.4, 0.5) is 0 Å². The summed E-state index contributed by atoms with van der Waals surface area (Å²) in [6.07, 6.45) is 3.55. The van der Waals surface area contributed by atoms with Crippen molar-refractivity contribution in [3.8, 4) is 0 Å². The van der Waals surface area contributed by atoms with Gasteiger partial charge in [0.1, 0.15) is 0 Å². The highest BCUT2D eigenvalue weighted by Crippen LogP contribution is 2.41. The van der Waals surface area contributed by atoms with Crippen LogP contribution in [0.5, 0.6) is 0 Å². The second kappa shape index (κ2) is 8.66. The molecule has 2 aliphatic rings. The smallest absolute Gasteiger partial charge is 0.242 e. The summed E-state index contributed by atoms with van der Waals surface area (Å²) in [6, 6.07) is 7.27. The van der Waals surface area contributed by atoms with Gasteiger partial charge in [-0.05, 0) is 60.4 Å². The first-order valence-electron chi connectivity index (χ1n) is 10.1. The lowest BCUT2D eigenvalue weighted by Gasteiger charge is -2.38. The van der Waals surface area contributed by atoms with Crippen molar-refractivity contribution < 1.29 is 9.59 Å². The number of nitrogens with zero attached hydrogens (tertiary/aromatic N) is 2. The lowest BCUT2D eigenvalue weighted by atomic mass is 9.93. The molecular formula is C22H24Cl2N2O2S. The second-order valence-electron chi connectivity index (χ2n) is 7.74. The van der Waals surface area contributed by atoms with E-state index in [2.05, 4.69) is 11.4 Å². The summed E-state index contributed by atoms with van der Waals surface area (Å²) in [5.74, 6) is 0.204. The quantitative estimate of drug-likeness (QED) is 0.608. The molecule has 2 amide bonds. The molecule has 29 heavy (non-hydrogen) atoms. The van der Waals surface area contributed by atoms with Crippen molar-refractivity contribution >= 4 is 46.4 Å². The van der Waals surface area contributed by atoms with Crippen molar-refractivity contribution in [2.24, 2.45) is 5.92 Å². The normalized spacial score (nSPS) is 18.4. The number of thiophene rings is 1. The predicted octanol–water partition coefficient (Wildman–Crippen LogP) is 5.18. The highest BCUT2D eigenvalue weighted by atomic mass is 35.5. The zero-order chi connectivity index (χ0) is 20.5. The average molecular weight is 451 g/mol. The van der Waals surface area contributed by atoms with Gasteiger partial charge < -0.3 is 9.80 Å². The van der Waals surface area contributed by atoms with E-state index < -0.39 is 0 Å². The Morgan fingerprint density at radius 2 is 2.00 bits per heavy atom. The molecule has 1 fully saturated rings. The Hall–Kier alpha value is -1.56. The van der Waals surface area contributed by atoms with Gasteiger partial charge in [-0.3, -0.25) is 9.59 Å². The predicted molar refractivity (Wildman–Crippen MR) is 118 cm³/mol. The minimum absolute atomic E-state index is 0.0275. The maximum atomic E-state index is 13.4. The first kappa shape index (κ1) is 20.7. The second-order valence-corrected chi connectivity index (χ2v) is 9.58. The number of halogens is 2. The highest BCUT2D eigenvalue weighted by molar-refractivity contribution is 7.10. The van der Waals surface area contributed by atoms with Crippen LogP contribution in [0.2, 0.25) is 10.0 Å². The maximum Gasteiger partial charge on any atom is 0.242 e. The van der Waals surface area contributed by atoms with Gasteiger partial charge in [-0.2, -0.15) is 0 Å². The number of hydrogen-bond acceptors (Lipinski definition) is 3. The zero-order valence-corrected chi connectivity index (χ0v) is 18.7. The Kier molecular flexibility index (Phi) is 6.19. The molecule has 0 bridgehead atoms. The minimum Gasteiger partial charge on any atom is -0.333 e. The van der Waals surface area contributed by atoms with Gasteiger partial charge in [0.15, 0.2) is 0 Å². The van der Waals surface area contributed by atoms with Gasteiger partial charge in [-0.25, -0.2) is 0 Å². The molecule has 1 aromatic heterocycles. The van der Waals surface area contributed by atoms with E-state index in [9.17, 15) is 9.59 Å². The molecule has 1 unspecified atom stereocenters. The van der Waals surface area contributed by atoms with E-state index in [1.807, 2.05) is 24.0 Å². The molecule has 4 nitrogen and oxygen atoms in total. The Balaban J connectivity index is 1.63. The van der Waals surface area contributed by atoms with Crippen molar-refractivity contribution in [1.82, 2.24) is 9.80 Å². The first-order chi connectivity index (χ1) is 14.0. The molecule has 4 rings (SSSR count). The number of hydrogen-bond donors (Lipinski definition) is 0. The van der Waals surface area contributed by atoms with E-state index in [1.54, 1.807) is 22.3 Å². The highest BCUT2D eigenvalue weighted by Gasteiger charge is 2.37. The van der Waals surface area contributed by atoms with Crippen molar-refractivity contribution in [1.29, 1.82) is 0 Å². The third kappa shape index (κ3) is 4.32. The van der Waals surface area contributed by atoms with Crippen LogP contribution in [0, 0.1) is 5.92 Å². The molecule has 2 aromatic rings. The van der Waals surface area contributed by atoms with Gasteiger partial charge in [0.2, 0.25) is 11.8 Å². The van der Waals surface area contributed by atoms with Gasteiger partial charge in [-0.1, -0.05) is 36.2 Å². The number of carbonyl (C=O) groups excluding carboxylic acids is 2. The Morgan fingerprint density at radius 1 is 1.21 bits per heavy atom. The van der Waals surface area contributed by atoms with E-state index in [0.717, 1.165) is 36.8 Å². The lowest BCUT2D eigenvalue weighted by Crippen LogP contribution is -2.47. The zero-order valence-electron chi connectivity index (χ0n) is 16.4. The fraction of sp³-hybridized carbons (Fsp3) is 0.455. The molecule has 0 N–H and O–H groups in total. The Labute approximate surface area is 185 Å². The monoisotopic (exact) mass is 450 g/mol. The average Bonchev–Trinajstić information content (AvgIpc) is 3.43. The molecule has 1 atom stereocenters. The molecular weight excluding hydrogens is 427 g/mol. The molecule has 1 aromatic carbocycles. The van der Waals surface area contributed by atoms with E-state index in [4.69, 9.17) is 23.2 Å². The summed E-state index contributed by atoms with van der Waals surface area (Å²) in [4.78, 5) is 30.9. The van der Waals surface area contributed by atoms with Gasteiger partial charge in [0.25, 0.3) is 0 Å². The molecule has 1 aliphatic carbocycles. The first-order valence-corrected chi connectivity index (χ1v) is 11.7. The molecule has 154 valence electrons. The van der Waals surface area contributed by atoms with Crippen molar-refractivity contribution in [3.63, 3.8) is 0 Å². The molecule has 0 saturated heterocycles. The van der Waals surface area contributed by atoms with Gasteiger partial charge >= 0.3 is 0 Å². The van der Waals surface area contributed by atoms with E-state index in [1.165, 1.54) is 4.88 Å². The summed E-state index contributed by atoms with van der Waals surface area (Å²) in [5.41, 5.74) is 1.99. The summed E-state index contributed by atoms with van der Waals surface area (Å²) < 4.78 is 0. The van der Waals surface area contributed by atoms with Crippen LogP contribution >= 0.6 is 34.5 Å². The Morgan fingerprint density at radius 3 is 2.69 bits per heavy atom. The maximum absolute atomic E-state index is 13.4. The van der Waals surface area contributed by atoms with Gasteiger partial charge in [0, 0.05) is 33.9 Å². The minimum atomic E-state index is -0.248. The van der Waals surface area contributed by atoms with Gasteiger partial charge in [0.05, 0.1) is 12.6 Å². The lowest BCUT2D eigenvalue weighted by molar-refractivity contribution is -0.142. The van der Waals surface area contributed by atoms with Crippen LogP contribution in [0.1, 0.15) is 48.2 Å². The fourth-order valence-electron chi connectivity index (χ4n) is 4.02. The number of rotatable bonds is 6. The SMILES string of the molecule is CCCN(CC(=O)N1CCc2sccc2C1c1ccc(Cl)cc1Cl)C(=O)C1CC1. The summed E-state index contributed by atoms with van der Waals surface area (Å²) >= 11 is 14.4.